The molecular formula is C11H13BrN4O2S. The fourth-order valence-corrected chi connectivity index (χ4v) is 2.64. The first-order valence-electron chi connectivity index (χ1n) is 5.65. The monoisotopic (exact) mass is 344 g/mol. The zero-order chi connectivity index (χ0) is 14.0. The quantitative estimate of drug-likeness (QED) is 0.914. The molecule has 0 fully saturated rings. The molecule has 0 saturated carbocycles. The highest BCUT2D eigenvalue weighted by molar-refractivity contribution is 9.10. The van der Waals surface area contributed by atoms with Gasteiger partial charge in [0.15, 0.2) is 5.82 Å². The van der Waals surface area contributed by atoms with Crippen LogP contribution in [0, 0.1) is 0 Å². The number of sulfonamides is 1. The third-order valence-electron chi connectivity index (χ3n) is 2.52. The minimum atomic E-state index is -3.87. The van der Waals surface area contributed by atoms with Crippen LogP contribution in [0.3, 0.4) is 0 Å². The van der Waals surface area contributed by atoms with Crippen LogP contribution in [0.4, 0.5) is 0 Å². The molecule has 0 unspecified atom stereocenters. The van der Waals surface area contributed by atoms with Crippen molar-refractivity contribution in [2.45, 2.75) is 25.0 Å². The van der Waals surface area contributed by atoms with Crippen molar-refractivity contribution in [2.75, 3.05) is 0 Å². The lowest BCUT2D eigenvalue weighted by Crippen LogP contribution is -2.19. The standard InChI is InChI=1S/C11H13BrN4O2S/c1-2-7-16-10(8-3-5-9(12)6-4-8)14-15-11(16)19(13,17)18/h3-6H,2,7H2,1H3,(H2,13,17,18). The maximum atomic E-state index is 11.5. The van der Waals surface area contributed by atoms with Crippen molar-refractivity contribution < 1.29 is 8.42 Å². The van der Waals surface area contributed by atoms with Crippen molar-refractivity contribution in [1.82, 2.24) is 14.8 Å². The first-order valence-corrected chi connectivity index (χ1v) is 7.99. The van der Waals surface area contributed by atoms with Crippen molar-refractivity contribution in [3.05, 3.63) is 28.7 Å². The van der Waals surface area contributed by atoms with Crippen LogP contribution in [-0.4, -0.2) is 23.2 Å². The second-order valence-electron chi connectivity index (χ2n) is 4.01. The Kier molecular flexibility index (Phi) is 4.02. The fraction of sp³-hybridized carbons (Fsp3) is 0.273. The summed E-state index contributed by atoms with van der Waals surface area (Å²) in [4.78, 5) is 0. The number of nitrogens with zero attached hydrogens (tertiary/aromatic N) is 3. The van der Waals surface area contributed by atoms with E-state index in [2.05, 4.69) is 26.1 Å². The van der Waals surface area contributed by atoms with Gasteiger partial charge in [-0.1, -0.05) is 35.0 Å². The molecule has 0 aliphatic rings. The number of primary sulfonamides is 1. The van der Waals surface area contributed by atoms with Gasteiger partial charge in [-0.25, -0.2) is 13.6 Å². The topological polar surface area (TPSA) is 90.9 Å². The average Bonchev–Trinajstić information content (AvgIpc) is 2.74. The molecule has 1 aromatic heterocycles. The van der Waals surface area contributed by atoms with E-state index >= 15 is 0 Å². The number of hydrogen-bond donors (Lipinski definition) is 1. The Morgan fingerprint density at radius 2 is 1.89 bits per heavy atom. The Hall–Kier alpha value is -1.25. The fourth-order valence-electron chi connectivity index (χ4n) is 1.74. The van der Waals surface area contributed by atoms with Crippen LogP contribution in [0.2, 0.25) is 0 Å². The number of aromatic nitrogens is 3. The van der Waals surface area contributed by atoms with E-state index in [1.54, 1.807) is 0 Å². The van der Waals surface area contributed by atoms with Crippen LogP contribution >= 0.6 is 15.9 Å². The largest absolute Gasteiger partial charge is 0.297 e. The SMILES string of the molecule is CCCn1c(-c2ccc(Br)cc2)nnc1S(N)(=O)=O. The van der Waals surface area contributed by atoms with Gasteiger partial charge in [-0.3, -0.25) is 4.57 Å². The second kappa shape index (κ2) is 5.40. The number of benzene rings is 1. The average molecular weight is 345 g/mol. The zero-order valence-electron chi connectivity index (χ0n) is 10.2. The third kappa shape index (κ3) is 3.02. The van der Waals surface area contributed by atoms with Crippen molar-refractivity contribution in [3.8, 4) is 11.4 Å². The predicted octanol–water partition coefficient (Wildman–Crippen LogP) is 1.76. The van der Waals surface area contributed by atoms with Gasteiger partial charge in [0, 0.05) is 16.6 Å². The third-order valence-corrected chi connectivity index (χ3v) is 3.86. The van der Waals surface area contributed by atoms with E-state index in [4.69, 9.17) is 5.14 Å². The summed E-state index contributed by atoms with van der Waals surface area (Å²) in [5.41, 5.74) is 0.791. The first kappa shape index (κ1) is 14.2. The normalized spacial score (nSPS) is 11.7. The summed E-state index contributed by atoms with van der Waals surface area (Å²) in [6, 6.07) is 7.40. The summed E-state index contributed by atoms with van der Waals surface area (Å²) < 4.78 is 25.4. The van der Waals surface area contributed by atoms with E-state index in [1.165, 1.54) is 4.57 Å². The Morgan fingerprint density at radius 1 is 1.26 bits per heavy atom. The molecular weight excluding hydrogens is 332 g/mol. The van der Waals surface area contributed by atoms with Gasteiger partial charge < -0.3 is 0 Å². The molecule has 0 aliphatic heterocycles. The van der Waals surface area contributed by atoms with Crippen molar-refractivity contribution in [2.24, 2.45) is 5.14 Å². The van der Waals surface area contributed by atoms with Gasteiger partial charge in [-0.2, -0.15) is 0 Å². The lowest BCUT2D eigenvalue weighted by atomic mass is 10.2. The van der Waals surface area contributed by atoms with E-state index < -0.39 is 10.0 Å². The summed E-state index contributed by atoms with van der Waals surface area (Å²) in [6.07, 6.45) is 0.754. The van der Waals surface area contributed by atoms with E-state index in [1.807, 2.05) is 31.2 Å². The van der Waals surface area contributed by atoms with Gasteiger partial charge in [0.2, 0.25) is 0 Å². The van der Waals surface area contributed by atoms with E-state index in [-0.39, 0.29) is 5.16 Å². The molecule has 0 spiro atoms. The zero-order valence-corrected chi connectivity index (χ0v) is 12.6. The lowest BCUT2D eigenvalue weighted by molar-refractivity contribution is 0.559. The summed E-state index contributed by atoms with van der Waals surface area (Å²) in [5.74, 6) is 0.498. The number of nitrogens with two attached hydrogens (primary N) is 1. The van der Waals surface area contributed by atoms with Crippen molar-refractivity contribution in [3.63, 3.8) is 0 Å². The van der Waals surface area contributed by atoms with Gasteiger partial charge in [0.1, 0.15) is 0 Å². The lowest BCUT2D eigenvalue weighted by Gasteiger charge is -2.07. The van der Waals surface area contributed by atoms with Crippen LogP contribution < -0.4 is 5.14 Å². The maximum absolute atomic E-state index is 11.5. The summed E-state index contributed by atoms with van der Waals surface area (Å²) in [5, 5.41) is 12.6. The highest BCUT2D eigenvalue weighted by Crippen LogP contribution is 2.22. The summed E-state index contributed by atoms with van der Waals surface area (Å²) >= 11 is 3.35. The molecule has 0 saturated heterocycles. The van der Waals surface area contributed by atoms with E-state index in [0.717, 1.165) is 16.5 Å². The number of halogens is 1. The van der Waals surface area contributed by atoms with Crippen molar-refractivity contribution in [1.29, 1.82) is 0 Å². The molecule has 2 rings (SSSR count). The number of rotatable bonds is 4. The smallest absolute Gasteiger partial charge is 0.273 e. The van der Waals surface area contributed by atoms with Gasteiger partial charge in [0.25, 0.3) is 15.2 Å². The molecule has 0 bridgehead atoms. The molecule has 0 radical (unpaired) electrons. The summed E-state index contributed by atoms with van der Waals surface area (Å²) in [6.45, 7) is 2.43. The molecule has 2 aromatic rings. The Balaban J connectivity index is 2.58. The molecule has 19 heavy (non-hydrogen) atoms. The minimum absolute atomic E-state index is 0.202. The van der Waals surface area contributed by atoms with Gasteiger partial charge in [-0.05, 0) is 18.6 Å². The highest BCUT2D eigenvalue weighted by Gasteiger charge is 2.21. The first-order chi connectivity index (χ1) is 8.93. The molecule has 6 nitrogen and oxygen atoms in total. The molecule has 2 N–H and O–H groups in total. The number of hydrogen-bond acceptors (Lipinski definition) is 4. The van der Waals surface area contributed by atoms with Crippen LogP contribution in [-0.2, 0) is 16.6 Å². The van der Waals surface area contributed by atoms with E-state index in [0.29, 0.717) is 12.4 Å². The molecule has 0 atom stereocenters. The predicted molar refractivity (Wildman–Crippen MR) is 74.8 cm³/mol. The molecule has 0 aliphatic carbocycles. The summed E-state index contributed by atoms with van der Waals surface area (Å²) in [7, 11) is -3.87. The Bertz CT molecular complexity index is 679. The molecule has 1 aromatic carbocycles. The molecule has 8 heteroatoms. The van der Waals surface area contributed by atoms with Gasteiger partial charge in [-0.15, -0.1) is 10.2 Å². The molecule has 0 amide bonds. The minimum Gasteiger partial charge on any atom is -0.297 e. The maximum Gasteiger partial charge on any atom is 0.273 e. The second-order valence-corrected chi connectivity index (χ2v) is 6.38. The Morgan fingerprint density at radius 3 is 2.42 bits per heavy atom. The Labute approximate surface area is 119 Å². The van der Waals surface area contributed by atoms with Crippen LogP contribution in [0.25, 0.3) is 11.4 Å². The van der Waals surface area contributed by atoms with Crippen LogP contribution in [0.5, 0.6) is 0 Å². The van der Waals surface area contributed by atoms with Gasteiger partial charge >= 0.3 is 0 Å². The molecule has 102 valence electrons. The van der Waals surface area contributed by atoms with Crippen LogP contribution in [0.1, 0.15) is 13.3 Å². The van der Waals surface area contributed by atoms with Crippen LogP contribution in [0.15, 0.2) is 33.9 Å². The van der Waals surface area contributed by atoms with Gasteiger partial charge in [0.05, 0.1) is 0 Å². The van der Waals surface area contributed by atoms with E-state index in [9.17, 15) is 8.42 Å². The molecule has 1 heterocycles. The highest BCUT2D eigenvalue weighted by atomic mass is 79.9. The van der Waals surface area contributed by atoms with Crippen molar-refractivity contribution >= 4 is 26.0 Å².